The van der Waals surface area contributed by atoms with Gasteiger partial charge in [0.15, 0.2) is 0 Å². The average molecular weight is 360 g/mol. The lowest BCUT2D eigenvalue weighted by molar-refractivity contribution is 0.0332. The van der Waals surface area contributed by atoms with E-state index < -0.39 is 18.2 Å². The quantitative estimate of drug-likeness (QED) is 0.661. The van der Waals surface area contributed by atoms with Crippen LogP contribution in [0.2, 0.25) is 0 Å². The van der Waals surface area contributed by atoms with Gasteiger partial charge in [0.1, 0.15) is 11.9 Å². The van der Waals surface area contributed by atoms with Crippen LogP contribution >= 0.6 is 0 Å². The lowest BCUT2D eigenvalue weighted by atomic mass is 9.93. The maximum absolute atomic E-state index is 12.6. The van der Waals surface area contributed by atoms with Crippen molar-refractivity contribution < 1.29 is 23.8 Å². The number of fused-ring (bicyclic) bond motifs is 3. The van der Waals surface area contributed by atoms with Crippen molar-refractivity contribution in [1.29, 1.82) is 0 Å². The first-order valence-corrected chi connectivity index (χ1v) is 8.78. The van der Waals surface area contributed by atoms with Gasteiger partial charge in [0.05, 0.1) is 24.2 Å². The van der Waals surface area contributed by atoms with Gasteiger partial charge in [0, 0.05) is 5.56 Å². The van der Waals surface area contributed by atoms with Gasteiger partial charge in [-0.3, -0.25) is 0 Å². The smallest absolute Gasteiger partial charge is 0.429 e. The Morgan fingerprint density at radius 1 is 1.08 bits per heavy atom. The van der Waals surface area contributed by atoms with Gasteiger partial charge in [0.25, 0.3) is 0 Å². The molecule has 3 atom stereocenters. The van der Waals surface area contributed by atoms with Crippen LogP contribution in [0.3, 0.4) is 0 Å². The van der Waals surface area contributed by atoms with Gasteiger partial charge < -0.3 is 14.2 Å². The van der Waals surface area contributed by atoms with E-state index in [4.69, 9.17) is 14.2 Å². The number of hydrogen-bond donors (Lipinski definition) is 1. The first-order valence-electron chi connectivity index (χ1n) is 8.78. The second kappa shape index (κ2) is 7.27. The van der Waals surface area contributed by atoms with Crippen LogP contribution in [0, 0.1) is 0 Å². The summed E-state index contributed by atoms with van der Waals surface area (Å²) in [6.45, 7) is 6.99. The fraction of sp³-hybridized carbons (Fsp3) is 0.474. The summed E-state index contributed by atoms with van der Waals surface area (Å²) in [5, 5.41) is 1.19. The monoisotopic (exact) mass is 360 g/mol. The maximum Gasteiger partial charge on any atom is 0.429 e. The van der Waals surface area contributed by atoms with Crippen LogP contribution in [0.25, 0.3) is 0 Å². The molecule has 3 rings (SSSR count). The van der Waals surface area contributed by atoms with Gasteiger partial charge in [0.2, 0.25) is 0 Å². The van der Waals surface area contributed by atoms with Crippen molar-refractivity contribution in [3.05, 3.63) is 42.0 Å². The Bertz CT molecular complexity index is 716. The Morgan fingerprint density at radius 3 is 2.46 bits per heavy atom. The zero-order chi connectivity index (χ0) is 18.8. The molecule has 7 nitrogen and oxygen atoms in total. The first kappa shape index (κ1) is 18.1. The van der Waals surface area contributed by atoms with E-state index >= 15 is 0 Å². The highest BCUT2D eigenvalue weighted by Crippen LogP contribution is 2.45. The van der Waals surface area contributed by atoms with Crippen molar-refractivity contribution in [2.45, 2.75) is 58.0 Å². The molecule has 26 heavy (non-hydrogen) atoms. The van der Waals surface area contributed by atoms with Crippen molar-refractivity contribution in [2.75, 3.05) is 0 Å². The SMILES string of the molecule is CC(C)OC(=O)NN(C(=O)OC(C)C)[C@@H]1C=C[C@H]2Oc3ccccc3[C@@H]12. The minimum atomic E-state index is -0.704. The van der Waals surface area contributed by atoms with Crippen LogP contribution in [0.4, 0.5) is 9.59 Å². The summed E-state index contributed by atoms with van der Waals surface area (Å²) in [7, 11) is 0. The summed E-state index contributed by atoms with van der Waals surface area (Å²) in [6.07, 6.45) is 1.60. The van der Waals surface area contributed by atoms with E-state index in [1.165, 1.54) is 5.01 Å². The Balaban J connectivity index is 1.85. The molecule has 140 valence electrons. The zero-order valence-electron chi connectivity index (χ0n) is 15.3. The van der Waals surface area contributed by atoms with Crippen molar-refractivity contribution in [3.63, 3.8) is 0 Å². The fourth-order valence-corrected chi connectivity index (χ4v) is 3.23. The van der Waals surface area contributed by atoms with Gasteiger partial charge >= 0.3 is 12.2 Å². The Labute approximate surface area is 152 Å². The normalized spacial score (nSPS) is 22.6. The highest BCUT2D eigenvalue weighted by Gasteiger charge is 2.46. The van der Waals surface area contributed by atoms with E-state index in [1.807, 2.05) is 36.4 Å². The standard InChI is InChI=1S/C19H24N2O5/c1-11(2)24-18(22)20-21(19(23)25-12(3)4)14-9-10-16-17(14)13-7-5-6-8-15(13)26-16/h5-12,14,16-17H,1-4H3,(H,20,22)/t14-,16-,17+/m1/s1. The van der Waals surface area contributed by atoms with Gasteiger partial charge in [-0.15, -0.1) is 0 Å². The number of carbonyl (C=O) groups excluding carboxylic acids is 2. The first-order chi connectivity index (χ1) is 12.4. The third-order valence-corrected chi connectivity index (χ3v) is 4.15. The Morgan fingerprint density at radius 2 is 1.77 bits per heavy atom. The van der Waals surface area contributed by atoms with Gasteiger partial charge in [-0.05, 0) is 39.8 Å². The summed E-state index contributed by atoms with van der Waals surface area (Å²) < 4.78 is 16.4. The molecular formula is C19H24N2O5. The van der Waals surface area contributed by atoms with E-state index in [1.54, 1.807) is 27.7 Å². The predicted molar refractivity (Wildman–Crippen MR) is 94.7 cm³/mol. The van der Waals surface area contributed by atoms with E-state index in [9.17, 15) is 9.59 Å². The highest BCUT2D eigenvalue weighted by molar-refractivity contribution is 5.75. The van der Waals surface area contributed by atoms with Gasteiger partial charge in [-0.1, -0.05) is 24.3 Å². The summed E-state index contributed by atoms with van der Waals surface area (Å²) in [6, 6.07) is 7.27. The molecule has 0 bridgehead atoms. The van der Waals surface area contributed by atoms with Crippen LogP contribution in [-0.2, 0) is 9.47 Å². The number of hydrogen-bond acceptors (Lipinski definition) is 5. The molecule has 1 aliphatic heterocycles. The third kappa shape index (κ3) is 3.61. The summed E-state index contributed by atoms with van der Waals surface area (Å²) >= 11 is 0. The Hall–Kier alpha value is -2.70. The lowest BCUT2D eigenvalue weighted by Crippen LogP contribution is -2.54. The Kier molecular flexibility index (Phi) is 5.06. The minimum Gasteiger partial charge on any atom is -0.485 e. The van der Waals surface area contributed by atoms with E-state index in [0.29, 0.717) is 0 Å². The molecule has 1 aromatic rings. The molecule has 1 heterocycles. The summed E-state index contributed by atoms with van der Waals surface area (Å²) in [5.41, 5.74) is 3.52. The maximum atomic E-state index is 12.6. The molecule has 1 N–H and O–H groups in total. The largest absolute Gasteiger partial charge is 0.485 e. The predicted octanol–water partition coefficient (Wildman–Crippen LogP) is 3.37. The van der Waals surface area contributed by atoms with Crippen molar-refractivity contribution >= 4 is 12.2 Å². The number of para-hydroxylation sites is 1. The third-order valence-electron chi connectivity index (χ3n) is 4.15. The fourth-order valence-electron chi connectivity index (χ4n) is 3.23. The molecule has 0 spiro atoms. The zero-order valence-corrected chi connectivity index (χ0v) is 15.3. The van der Waals surface area contributed by atoms with Crippen LogP contribution < -0.4 is 10.2 Å². The molecule has 0 aromatic heterocycles. The van der Waals surface area contributed by atoms with Crippen LogP contribution in [-0.4, -0.2) is 41.5 Å². The van der Waals surface area contributed by atoms with Crippen LogP contribution in [0.5, 0.6) is 5.75 Å². The molecule has 0 unspecified atom stereocenters. The molecule has 1 aliphatic carbocycles. The number of ether oxygens (including phenoxy) is 3. The van der Waals surface area contributed by atoms with E-state index in [-0.39, 0.29) is 24.2 Å². The van der Waals surface area contributed by atoms with Gasteiger partial charge in [-0.2, -0.15) is 0 Å². The lowest BCUT2D eigenvalue weighted by Gasteiger charge is -2.31. The van der Waals surface area contributed by atoms with Crippen molar-refractivity contribution in [1.82, 2.24) is 10.4 Å². The molecule has 0 fully saturated rings. The molecule has 7 heteroatoms. The number of carbonyl (C=O) groups is 2. The topological polar surface area (TPSA) is 77.1 Å². The van der Waals surface area contributed by atoms with Crippen LogP contribution in [0.15, 0.2) is 36.4 Å². The average Bonchev–Trinajstić information content (AvgIpc) is 3.10. The molecule has 2 aliphatic rings. The molecule has 1 aromatic carbocycles. The number of hydrazine groups is 1. The highest BCUT2D eigenvalue weighted by atomic mass is 16.6. The van der Waals surface area contributed by atoms with Gasteiger partial charge in [-0.25, -0.2) is 20.0 Å². The molecular weight excluding hydrogens is 336 g/mol. The molecule has 2 amide bonds. The summed E-state index contributed by atoms with van der Waals surface area (Å²) in [5.74, 6) is 0.670. The van der Waals surface area contributed by atoms with E-state index in [0.717, 1.165) is 11.3 Å². The summed E-state index contributed by atoms with van der Waals surface area (Å²) in [4.78, 5) is 24.7. The van der Waals surface area contributed by atoms with Crippen LogP contribution in [0.1, 0.15) is 39.2 Å². The van der Waals surface area contributed by atoms with Crippen molar-refractivity contribution in [3.8, 4) is 5.75 Å². The second-order valence-corrected chi connectivity index (χ2v) is 6.89. The molecule has 0 saturated heterocycles. The molecule has 0 radical (unpaired) electrons. The number of nitrogens with one attached hydrogen (secondary N) is 1. The minimum absolute atomic E-state index is 0.120. The number of rotatable bonds is 3. The molecule has 0 saturated carbocycles. The second-order valence-electron chi connectivity index (χ2n) is 6.89. The number of amides is 2. The van der Waals surface area contributed by atoms with E-state index in [2.05, 4.69) is 5.43 Å². The number of nitrogens with zero attached hydrogens (tertiary/aromatic N) is 1. The van der Waals surface area contributed by atoms with Crippen molar-refractivity contribution in [2.24, 2.45) is 0 Å². The number of benzene rings is 1.